The zero-order valence-electron chi connectivity index (χ0n) is 7.01. The molecule has 0 fully saturated rings. The molecule has 0 aliphatic rings. The van der Waals surface area contributed by atoms with Crippen molar-refractivity contribution in [2.75, 3.05) is 11.2 Å². The van der Waals surface area contributed by atoms with Gasteiger partial charge in [-0.05, 0) is 22.6 Å². The van der Waals surface area contributed by atoms with Crippen molar-refractivity contribution in [2.45, 2.75) is 12.8 Å². The lowest BCUT2D eigenvalue weighted by Gasteiger charge is -2.01. The van der Waals surface area contributed by atoms with E-state index in [4.69, 9.17) is 6.42 Å². The molecule has 1 N–H and O–H groups in total. The molecule has 4 nitrogen and oxygen atoms in total. The predicted octanol–water partition coefficient (Wildman–Crippen LogP) is 0.452. The van der Waals surface area contributed by atoms with Crippen LogP contribution in [0.3, 0.4) is 0 Å². The third kappa shape index (κ3) is 7.59. The summed E-state index contributed by atoms with van der Waals surface area (Å²) in [6.45, 7) is 0.195. The molecule has 0 saturated carbocycles. The Balaban J connectivity index is 3.47. The Morgan fingerprint density at radius 1 is 1.46 bits per heavy atom. The molecule has 0 aromatic rings. The maximum Gasteiger partial charge on any atom is 0.307 e. The molecule has 0 unspecified atom stereocenters. The molecule has 0 aliphatic carbocycles. The van der Waals surface area contributed by atoms with Crippen molar-refractivity contribution in [1.82, 2.24) is 5.32 Å². The van der Waals surface area contributed by atoms with Gasteiger partial charge < -0.3 is 10.1 Å². The molecule has 0 aromatic heterocycles. The van der Waals surface area contributed by atoms with Gasteiger partial charge in [0.05, 0.1) is 13.0 Å². The van der Waals surface area contributed by atoms with Crippen molar-refractivity contribution in [3.63, 3.8) is 0 Å². The molecule has 0 aliphatic heterocycles. The van der Waals surface area contributed by atoms with Crippen LogP contribution >= 0.6 is 22.6 Å². The predicted molar refractivity (Wildman–Crippen MR) is 56.1 cm³/mol. The lowest BCUT2D eigenvalue weighted by Crippen LogP contribution is -2.24. The van der Waals surface area contributed by atoms with Gasteiger partial charge in [-0.15, -0.1) is 6.42 Å². The number of carbonyl (C=O) groups excluding carboxylic acids is 2. The zero-order chi connectivity index (χ0) is 10.1. The molecule has 5 heteroatoms. The monoisotopic (exact) mass is 295 g/mol. The van der Waals surface area contributed by atoms with Crippen LogP contribution in [-0.4, -0.2) is 23.0 Å². The molecule has 13 heavy (non-hydrogen) atoms. The summed E-state index contributed by atoms with van der Waals surface area (Å²) in [6, 6.07) is 0. The van der Waals surface area contributed by atoms with Gasteiger partial charge in [0.15, 0.2) is 0 Å². The number of alkyl halides is 1. The van der Waals surface area contributed by atoms with Crippen LogP contribution in [0.2, 0.25) is 0 Å². The summed E-state index contributed by atoms with van der Waals surface area (Å²) in [5.74, 6) is 1.66. The third-order valence-corrected chi connectivity index (χ3v) is 1.47. The van der Waals surface area contributed by atoms with Crippen LogP contribution < -0.4 is 5.32 Å². The minimum absolute atomic E-state index is 0.0966. The fourth-order valence-corrected chi connectivity index (χ4v) is 0.934. The third-order valence-electron chi connectivity index (χ3n) is 1.16. The Kier molecular flexibility index (Phi) is 7.39. The fourth-order valence-electron chi connectivity index (χ4n) is 0.587. The van der Waals surface area contributed by atoms with E-state index in [0.717, 1.165) is 0 Å². The highest BCUT2D eigenvalue weighted by Crippen LogP contribution is 1.94. The maximum atomic E-state index is 10.9. The van der Waals surface area contributed by atoms with Crippen molar-refractivity contribution >= 4 is 34.5 Å². The van der Waals surface area contributed by atoms with Gasteiger partial charge in [0.2, 0.25) is 5.91 Å². The molecule has 0 rings (SSSR count). The van der Waals surface area contributed by atoms with Crippen LogP contribution in [0, 0.1) is 12.3 Å². The summed E-state index contributed by atoms with van der Waals surface area (Å²) in [6.07, 6.45) is 5.14. The van der Waals surface area contributed by atoms with E-state index in [2.05, 4.69) is 16.0 Å². The molecule has 0 aromatic carbocycles. The lowest BCUT2D eigenvalue weighted by atomic mass is 10.3. The van der Waals surface area contributed by atoms with Gasteiger partial charge in [-0.2, -0.15) is 0 Å². The smallest absolute Gasteiger partial charge is 0.307 e. The summed E-state index contributed by atoms with van der Waals surface area (Å²) >= 11 is 1.91. The standard InChI is InChI=1S/C8H10INO3/c1-2-5-10-7(11)3-4-8(12)13-6-9/h1H,3-6H2,(H,10,11). The second kappa shape index (κ2) is 7.86. The van der Waals surface area contributed by atoms with Crippen LogP contribution in [0.1, 0.15) is 12.8 Å². The number of ether oxygens (including phenoxy) is 1. The van der Waals surface area contributed by atoms with Crippen LogP contribution in [0.5, 0.6) is 0 Å². The Hall–Kier alpha value is -0.770. The van der Waals surface area contributed by atoms with Crippen LogP contribution in [0.15, 0.2) is 0 Å². The molecule has 0 spiro atoms. The normalized spacial score (nSPS) is 8.62. The topological polar surface area (TPSA) is 55.4 Å². The van der Waals surface area contributed by atoms with Gasteiger partial charge in [-0.1, -0.05) is 5.92 Å². The summed E-state index contributed by atoms with van der Waals surface area (Å²) in [5.41, 5.74) is 0. The Bertz CT molecular complexity index is 222. The van der Waals surface area contributed by atoms with Gasteiger partial charge >= 0.3 is 5.97 Å². The van der Waals surface area contributed by atoms with Crippen molar-refractivity contribution in [1.29, 1.82) is 0 Å². The first-order valence-corrected chi connectivity index (χ1v) is 5.15. The average molecular weight is 295 g/mol. The summed E-state index contributed by atoms with van der Waals surface area (Å²) in [5, 5.41) is 2.45. The van der Waals surface area contributed by atoms with Gasteiger partial charge in [0, 0.05) is 6.42 Å². The number of amides is 1. The first-order valence-electron chi connectivity index (χ1n) is 3.62. The Morgan fingerprint density at radius 2 is 2.15 bits per heavy atom. The van der Waals surface area contributed by atoms with Crippen molar-refractivity contribution in [3.05, 3.63) is 0 Å². The number of esters is 1. The van der Waals surface area contributed by atoms with Gasteiger partial charge in [0.1, 0.15) is 4.61 Å². The zero-order valence-corrected chi connectivity index (χ0v) is 9.17. The molecule has 0 radical (unpaired) electrons. The Labute approximate surface area is 90.5 Å². The molecule has 1 amide bonds. The summed E-state index contributed by atoms with van der Waals surface area (Å²) in [7, 11) is 0. The van der Waals surface area contributed by atoms with E-state index >= 15 is 0 Å². The SMILES string of the molecule is C#CCNC(=O)CCC(=O)OCI. The lowest BCUT2D eigenvalue weighted by molar-refractivity contribution is -0.142. The second-order valence-electron chi connectivity index (χ2n) is 2.11. The molecule has 72 valence electrons. The van der Waals surface area contributed by atoms with E-state index in [9.17, 15) is 9.59 Å². The van der Waals surface area contributed by atoms with E-state index in [-0.39, 0.29) is 31.3 Å². The summed E-state index contributed by atoms with van der Waals surface area (Å²) < 4.78 is 4.93. The highest BCUT2D eigenvalue weighted by atomic mass is 127. The minimum Gasteiger partial charge on any atom is -0.455 e. The van der Waals surface area contributed by atoms with Gasteiger partial charge in [0.25, 0.3) is 0 Å². The number of rotatable bonds is 5. The fraction of sp³-hybridized carbons (Fsp3) is 0.500. The van der Waals surface area contributed by atoms with Crippen LogP contribution in [0.25, 0.3) is 0 Å². The maximum absolute atomic E-state index is 10.9. The highest BCUT2D eigenvalue weighted by Gasteiger charge is 2.05. The van der Waals surface area contributed by atoms with Gasteiger partial charge in [-0.3, -0.25) is 9.59 Å². The average Bonchev–Trinajstić information content (AvgIpc) is 2.12. The van der Waals surface area contributed by atoms with Crippen molar-refractivity contribution in [3.8, 4) is 12.3 Å². The van der Waals surface area contributed by atoms with Crippen LogP contribution in [-0.2, 0) is 14.3 Å². The van der Waals surface area contributed by atoms with E-state index in [1.807, 2.05) is 22.6 Å². The number of hydrogen-bond acceptors (Lipinski definition) is 3. The van der Waals surface area contributed by atoms with E-state index in [0.29, 0.717) is 4.61 Å². The molecule has 0 bridgehead atoms. The first-order chi connectivity index (χ1) is 6.20. The van der Waals surface area contributed by atoms with Gasteiger partial charge in [-0.25, -0.2) is 0 Å². The number of hydrogen-bond donors (Lipinski definition) is 1. The van der Waals surface area contributed by atoms with Crippen molar-refractivity contribution in [2.24, 2.45) is 0 Å². The number of terminal acetylenes is 1. The minimum atomic E-state index is -0.370. The van der Waals surface area contributed by atoms with Crippen molar-refractivity contribution < 1.29 is 14.3 Å². The quantitative estimate of drug-likeness (QED) is 0.347. The van der Waals surface area contributed by atoms with Crippen LogP contribution in [0.4, 0.5) is 0 Å². The highest BCUT2D eigenvalue weighted by molar-refractivity contribution is 14.1. The molecule has 0 saturated heterocycles. The molecular formula is C8H10INO3. The largest absolute Gasteiger partial charge is 0.455 e. The van der Waals surface area contributed by atoms with E-state index in [1.165, 1.54) is 0 Å². The number of halogens is 1. The number of carbonyl (C=O) groups is 2. The number of nitrogens with one attached hydrogen (secondary N) is 1. The Morgan fingerprint density at radius 3 is 2.69 bits per heavy atom. The first kappa shape index (κ1) is 12.2. The molecule has 0 heterocycles. The van der Waals surface area contributed by atoms with E-state index < -0.39 is 0 Å². The second-order valence-corrected chi connectivity index (χ2v) is 2.73. The molecular weight excluding hydrogens is 285 g/mol. The van der Waals surface area contributed by atoms with E-state index in [1.54, 1.807) is 0 Å². The molecule has 0 atom stereocenters. The summed E-state index contributed by atoms with van der Waals surface area (Å²) in [4.78, 5) is 21.7.